The molecular formula is C21H31BrO3. The SMILES string of the molecule is CC(=O)O[C@@H]1CC[C@@]2(C)[C@@H](CC[C@H]3[C@H]2CC[C@]2(C)C(=O)[C@H](Br)C[C@H]32)C1. The van der Waals surface area contributed by atoms with Crippen molar-refractivity contribution in [3.05, 3.63) is 0 Å². The van der Waals surface area contributed by atoms with Crippen LogP contribution in [0.5, 0.6) is 0 Å². The zero-order valence-electron chi connectivity index (χ0n) is 15.7. The zero-order valence-corrected chi connectivity index (χ0v) is 17.3. The highest BCUT2D eigenvalue weighted by Gasteiger charge is 2.62. The van der Waals surface area contributed by atoms with Crippen LogP contribution in [0.15, 0.2) is 0 Å². The van der Waals surface area contributed by atoms with Crippen LogP contribution < -0.4 is 0 Å². The molecule has 0 aliphatic heterocycles. The lowest BCUT2D eigenvalue weighted by Gasteiger charge is -2.60. The van der Waals surface area contributed by atoms with Gasteiger partial charge in [0.2, 0.25) is 0 Å². The molecule has 4 aliphatic rings. The maximum absolute atomic E-state index is 12.7. The molecule has 0 unspecified atom stereocenters. The summed E-state index contributed by atoms with van der Waals surface area (Å²) in [5, 5.41) is 0. The van der Waals surface area contributed by atoms with E-state index in [0.717, 1.165) is 31.6 Å². The van der Waals surface area contributed by atoms with Crippen LogP contribution in [-0.4, -0.2) is 22.7 Å². The number of halogens is 1. The number of ketones is 1. The Morgan fingerprint density at radius 2 is 1.84 bits per heavy atom. The molecule has 25 heavy (non-hydrogen) atoms. The molecule has 0 heterocycles. The predicted molar refractivity (Wildman–Crippen MR) is 100 cm³/mol. The van der Waals surface area contributed by atoms with Crippen molar-refractivity contribution in [2.45, 2.75) is 83.1 Å². The van der Waals surface area contributed by atoms with Crippen molar-refractivity contribution in [2.24, 2.45) is 34.5 Å². The minimum absolute atomic E-state index is 0.0754. The van der Waals surface area contributed by atoms with Crippen molar-refractivity contribution in [1.82, 2.24) is 0 Å². The van der Waals surface area contributed by atoms with Gasteiger partial charge < -0.3 is 4.74 Å². The van der Waals surface area contributed by atoms with Gasteiger partial charge in [-0.3, -0.25) is 9.59 Å². The largest absolute Gasteiger partial charge is 0.463 e. The van der Waals surface area contributed by atoms with Gasteiger partial charge in [0.1, 0.15) is 6.10 Å². The standard InChI is InChI=1S/C21H31BrO3/c1-12(23)25-14-6-8-20(2)13(10-14)4-5-15-16(20)7-9-21(3)17(15)11-18(22)19(21)24/h13-18H,4-11H2,1-3H3/t13-,14+,15-,16+,17+,18+,20-,21-/m0/s1. The Labute approximate surface area is 159 Å². The Balaban J connectivity index is 1.55. The molecule has 4 saturated carbocycles. The van der Waals surface area contributed by atoms with Crippen LogP contribution in [0.1, 0.15) is 72.1 Å². The number of alkyl halides is 1. The number of Topliss-reactive ketones (excluding diaryl/α,β-unsaturated/α-hetero) is 1. The highest BCUT2D eigenvalue weighted by molar-refractivity contribution is 9.10. The van der Waals surface area contributed by atoms with Crippen molar-refractivity contribution in [3.8, 4) is 0 Å². The number of carbonyl (C=O) groups excluding carboxylic acids is 2. The third-order valence-corrected chi connectivity index (χ3v) is 9.44. The highest BCUT2D eigenvalue weighted by atomic mass is 79.9. The van der Waals surface area contributed by atoms with Gasteiger partial charge in [-0.2, -0.15) is 0 Å². The fourth-order valence-corrected chi connectivity index (χ4v) is 8.23. The molecule has 0 spiro atoms. The fourth-order valence-electron chi connectivity index (χ4n) is 7.31. The molecule has 0 aromatic heterocycles. The first kappa shape index (κ1) is 18.0. The summed E-state index contributed by atoms with van der Waals surface area (Å²) in [5.74, 6) is 3.01. The van der Waals surface area contributed by atoms with Gasteiger partial charge in [0.15, 0.2) is 5.78 Å². The lowest BCUT2D eigenvalue weighted by molar-refractivity contribution is -0.160. The molecule has 0 aromatic carbocycles. The molecule has 4 fully saturated rings. The van der Waals surface area contributed by atoms with E-state index >= 15 is 0 Å². The van der Waals surface area contributed by atoms with Crippen LogP contribution in [0.2, 0.25) is 0 Å². The highest BCUT2D eigenvalue weighted by Crippen LogP contribution is 2.66. The van der Waals surface area contributed by atoms with Crippen LogP contribution in [0.4, 0.5) is 0 Å². The van der Waals surface area contributed by atoms with Gasteiger partial charge in [0.25, 0.3) is 0 Å². The quantitative estimate of drug-likeness (QED) is 0.455. The van der Waals surface area contributed by atoms with E-state index in [1.54, 1.807) is 0 Å². The number of carbonyl (C=O) groups is 2. The third kappa shape index (κ3) is 2.64. The van der Waals surface area contributed by atoms with E-state index in [9.17, 15) is 9.59 Å². The second kappa shape index (κ2) is 6.07. The van der Waals surface area contributed by atoms with Gasteiger partial charge in [-0.25, -0.2) is 0 Å². The van der Waals surface area contributed by atoms with Crippen LogP contribution in [0, 0.1) is 34.5 Å². The van der Waals surface area contributed by atoms with E-state index in [2.05, 4.69) is 29.8 Å². The maximum atomic E-state index is 12.7. The van der Waals surface area contributed by atoms with Gasteiger partial charge in [0, 0.05) is 12.3 Å². The Kier molecular flexibility index (Phi) is 4.37. The van der Waals surface area contributed by atoms with E-state index in [1.807, 2.05) is 0 Å². The second-order valence-corrected chi connectivity index (χ2v) is 10.8. The Morgan fingerprint density at radius 1 is 1.08 bits per heavy atom. The summed E-state index contributed by atoms with van der Waals surface area (Å²) in [6.45, 7) is 6.27. The molecule has 4 aliphatic carbocycles. The lowest BCUT2D eigenvalue weighted by atomic mass is 9.45. The molecule has 140 valence electrons. The average molecular weight is 411 g/mol. The first-order valence-corrected chi connectivity index (χ1v) is 11.0. The predicted octanol–water partition coefficient (Wildman–Crippen LogP) is 4.90. The topological polar surface area (TPSA) is 43.4 Å². The van der Waals surface area contributed by atoms with Crippen molar-refractivity contribution in [3.63, 3.8) is 0 Å². The summed E-state index contributed by atoms with van der Waals surface area (Å²) < 4.78 is 5.54. The van der Waals surface area contributed by atoms with Gasteiger partial charge in [0.05, 0.1) is 4.83 Å². The molecule has 0 bridgehead atoms. The summed E-state index contributed by atoms with van der Waals surface area (Å²) >= 11 is 3.66. The molecular weight excluding hydrogens is 380 g/mol. The monoisotopic (exact) mass is 410 g/mol. The van der Waals surface area contributed by atoms with Crippen molar-refractivity contribution in [2.75, 3.05) is 0 Å². The summed E-state index contributed by atoms with van der Waals surface area (Å²) in [7, 11) is 0. The van der Waals surface area contributed by atoms with Crippen LogP contribution in [-0.2, 0) is 14.3 Å². The second-order valence-electron chi connectivity index (χ2n) is 9.69. The Hall–Kier alpha value is -0.380. The van der Waals surface area contributed by atoms with Gasteiger partial charge in [-0.15, -0.1) is 0 Å². The van der Waals surface area contributed by atoms with Crippen molar-refractivity contribution in [1.29, 1.82) is 0 Å². The smallest absolute Gasteiger partial charge is 0.302 e. The maximum Gasteiger partial charge on any atom is 0.302 e. The van der Waals surface area contributed by atoms with E-state index in [4.69, 9.17) is 4.74 Å². The molecule has 0 aromatic rings. The van der Waals surface area contributed by atoms with Crippen LogP contribution in [0.25, 0.3) is 0 Å². The molecule has 0 N–H and O–H groups in total. The third-order valence-electron chi connectivity index (χ3n) is 8.65. The van der Waals surface area contributed by atoms with Gasteiger partial charge in [-0.1, -0.05) is 29.8 Å². The Morgan fingerprint density at radius 3 is 2.56 bits per heavy atom. The number of hydrogen-bond donors (Lipinski definition) is 0. The van der Waals surface area contributed by atoms with E-state index in [-0.39, 0.29) is 22.3 Å². The molecule has 3 nitrogen and oxygen atoms in total. The first-order chi connectivity index (χ1) is 11.8. The fraction of sp³-hybridized carbons (Fsp3) is 0.905. The first-order valence-electron chi connectivity index (χ1n) is 10.1. The van der Waals surface area contributed by atoms with Crippen molar-refractivity contribution >= 4 is 27.7 Å². The molecule has 0 amide bonds. The number of rotatable bonds is 1. The summed E-state index contributed by atoms with van der Waals surface area (Å²) in [4.78, 5) is 24.2. The average Bonchev–Trinajstić information content (AvgIpc) is 2.78. The molecule has 4 rings (SSSR count). The number of fused-ring (bicyclic) bond motifs is 5. The van der Waals surface area contributed by atoms with E-state index in [0.29, 0.717) is 29.0 Å². The molecule has 0 saturated heterocycles. The van der Waals surface area contributed by atoms with Gasteiger partial charge in [-0.05, 0) is 80.5 Å². The van der Waals surface area contributed by atoms with Crippen molar-refractivity contribution < 1.29 is 14.3 Å². The number of esters is 1. The Bertz CT molecular complexity index is 590. The number of hydrogen-bond acceptors (Lipinski definition) is 3. The van der Waals surface area contributed by atoms with E-state index < -0.39 is 0 Å². The summed E-state index contributed by atoms with van der Waals surface area (Å²) in [5.41, 5.74) is 0.280. The van der Waals surface area contributed by atoms with Crippen LogP contribution >= 0.6 is 15.9 Å². The van der Waals surface area contributed by atoms with Gasteiger partial charge >= 0.3 is 5.97 Å². The minimum Gasteiger partial charge on any atom is -0.463 e. The number of ether oxygens (including phenoxy) is 1. The zero-order chi connectivity index (χ0) is 18.0. The van der Waals surface area contributed by atoms with Crippen LogP contribution in [0.3, 0.4) is 0 Å². The molecule has 0 radical (unpaired) electrons. The molecule has 8 atom stereocenters. The normalized spacial score (nSPS) is 52.1. The molecule has 4 heteroatoms. The summed E-state index contributed by atoms with van der Waals surface area (Å²) in [6.07, 6.45) is 9.15. The lowest BCUT2D eigenvalue weighted by Crippen LogP contribution is -2.54. The van der Waals surface area contributed by atoms with E-state index in [1.165, 1.54) is 32.6 Å². The summed E-state index contributed by atoms with van der Waals surface area (Å²) in [6, 6.07) is 0. The minimum atomic E-state index is -0.136.